The van der Waals surface area contributed by atoms with Gasteiger partial charge in [0, 0.05) is 45.5 Å². The van der Waals surface area contributed by atoms with Gasteiger partial charge in [-0.2, -0.15) is 0 Å². The Morgan fingerprint density at radius 1 is 0.889 bits per heavy atom. The molecule has 0 saturated carbocycles. The lowest BCUT2D eigenvalue weighted by Crippen LogP contribution is -2.39. The average Bonchev–Trinajstić information content (AvgIpc) is 2.56. The standard InChI is InChI=1S/C20H39N3O4/c1-16(24)22-14-11-20(4,5)27-15-12-19(2,3)18(26)23-13-9-7-8-10-17(25)21-6/h7-15H2,1-6H3,(H,21,25)(H,22,24)(H,23,26). The van der Waals surface area contributed by atoms with Crippen molar-refractivity contribution in [3.05, 3.63) is 0 Å². The summed E-state index contributed by atoms with van der Waals surface area (Å²) in [4.78, 5) is 34.4. The number of unbranched alkanes of at least 4 members (excludes halogenated alkanes) is 2. The third-order valence-corrected chi connectivity index (χ3v) is 4.58. The summed E-state index contributed by atoms with van der Waals surface area (Å²) < 4.78 is 5.92. The second-order valence-corrected chi connectivity index (χ2v) is 8.21. The van der Waals surface area contributed by atoms with Crippen molar-refractivity contribution in [2.24, 2.45) is 5.41 Å². The molecule has 0 aliphatic carbocycles. The Bertz CT molecular complexity index is 476. The minimum atomic E-state index is -0.504. The molecule has 0 heterocycles. The van der Waals surface area contributed by atoms with E-state index in [1.807, 2.05) is 27.7 Å². The lowest BCUT2D eigenvalue weighted by atomic mass is 9.88. The van der Waals surface area contributed by atoms with Gasteiger partial charge in [0.15, 0.2) is 0 Å². The summed E-state index contributed by atoms with van der Waals surface area (Å²) in [5, 5.41) is 8.35. The Kier molecular flexibility index (Phi) is 11.9. The van der Waals surface area contributed by atoms with Crippen LogP contribution in [0.4, 0.5) is 0 Å². The highest BCUT2D eigenvalue weighted by Crippen LogP contribution is 2.23. The van der Waals surface area contributed by atoms with Crippen molar-refractivity contribution in [2.75, 3.05) is 26.7 Å². The number of rotatable bonds is 14. The van der Waals surface area contributed by atoms with E-state index in [1.54, 1.807) is 7.05 Å². The van der Waals surface area contributed by atoms with Crippen LogP contribution >= 0.6 is 0 Å². The SMILES string of the molecule is CNC(=O)CCCCCNC(=O)C(C)(C)CCOC(C)(C)CCNC(C)=O. The van der Waals surface area contributed by atoms with Gasteiger partial charge in [-0.1, -0.05) is 20.3 Å². The van der Waals surface area contributed by atoms with Crippen LogP contribution in [0.3, 0.4) is 0 Å². The van der Waals surface area contributed by atoms with Crippen LogP contribution in [0, 0.1) is 5.41 Å². The third-order valence-electron chi connectivity index (χ3n) is 4.58. The molecule has 0 radical (unpaired) electrons. The summed E-state index contributed by atoms with van der Waals surface area (Å²) >= 11 is 0. The highest BCUT2D eigenvalue weighted by atomic mass is 16.5. The Labute approximate surface area is 164 Å². The van der Waals surface area contributed by atoms with Crippen molar-refractivity contribution in [3.8, 4) is 0 Å². The average molecular weight is 386 g/mol. The molecule has 3 amide bonds. The van der Waals surface area contributed by atoms with Crippen molar-refractivity contribution in [2.45, 2.75) is 78.7 Å². The lowest BCUT2D eigenvalue weighted by molar-refractivity contribution is -0.131. The van der Waals surface area contributed by atoms with Crippen molar-refractivity contribution < 1.29 is 19.1 Å². The molecule has 158 valence electrons. The molecule has 0 saturated heterocycles. The maximum absolute atomic E-state index is 12.4. The van der Waals surface area contributed by atoms with Gasteiger partial charge in [0.05, 0.1) is 5.60 Å². The predicted molar refractivity (Wildman–Crippen MR) is 107 cm³/mol. The molecule has 0 aliphatic rings. The molecule has 0 atom stereocenters. The second-order valence-electron chi connectivity index (χ2n) is 8.21. The minimum Gasteiger partial charge on any atom is -0.375 e. The molecule has 0 fully saturated rings. The van der Waals surface area contributed by atoms with Gasteiger partial charge in [0.2, 0.25) is 17.7 Å². The molecular formula is C20H39N3O4. The Morgan fingerprint density at radius 3 is 2.15 bits per heavy atom. The first-order valence-corrected chi connectivity index (χ1v) is 9.87. The fourth-order valence-electron chi connectivity index (χ4n) is 2.46. The first-order chi connectivity index (χ1) is 12.5. The fraction of sp³-hybridized carbons (Fsp3) is 0.850. The topological polar surface area (TPSA) is 96.5 Å². The normalized spacial score (nSPS) is 11.8. The van der Waals surface area contributed by atoms with Crippen LogP contribution in [-0.4, -0.2) is 50.1 Å². The zero-order valence-electron chi connectivity index (χ0n) is 18.0. The van der Waals surface area contributed by atoms with Crippen molar-refractivity contribution >= 4 is 17.7 Å². The van der Waals surface area contributed by atoms with Crippen LogP contribution in [0.2, 0.25) is 0 Å². The van der Waals surface area contributed by atoms with E-state index in [9.17, 15) is 14.4 Å². The zero-order chi connectivity index (χ0) is 20.9. The van der Waals surface area contributed by atoms with Gasteiger partial charge >= 0.3 is 0 Å². The molecule has 7 heteroatoms. The molecule has 27 heavy (non-hydrogen) atoms. The zero-order valence-corrected chi connectivity index (χ0v) is 18.0. The third kappa shape index (κ3) is 13.2. The van der Waals surface area contributed by atoms with Gasteiger partial charge in [-0.15, -0.1) is 0 Å². The quantitative estimate of drug-likeness (QED) is 0.399. The number of ether oxygens (including phenoxy) is 1. The number of hydrogen-bond donors (Lipinski definition) is 3. The van der Waals surface area contributed by atoms with Crippen molar-refractivity contribution in [3.63, 3.8) is 0 Å². The molecule has 0 bridgehead atoms. The summed E-state index contributed by atoms with van der Waals surface area (Å²) in [6, 6.07) is 0. The summed E-state index contributed by atoms with van der Waals surface area (Å²) in [5.74, 6) is 0.0332. The van der Waals surface area contributed by atoms with E-state index in [1.165, 1.54) is 6.92 Å². The smallest absolute Gasteiger partial charge is 0.225 e. The van der Waals surface area contributed by atoms with E-state index in [4.69, 9.17) is 4.74 Å². The van der Waals surface area contributed by atoms with Gasteiger partial charge in [-0.05, 0) is 39.5 Å². The largest absolute Gasteiger partial charge is 0.375 e. The van der Waals surface area contributed by atoms with Crippen LogP contribution < -0.4 is 16.0 Å². The monoisotopic (exact) mass is 385 g/mol. The summed E-state index contributed by atoms with van der Waals surface area (Å²) in [5.41, 5.74) is -0.852. The summed E-state index contributed by atoms with van der Waals surface area (Å²) in [6.45, 7) is 11.0. The van der Waals surface area contributed by atoms with E-state index in [-0.39, 0.29) is 23.3 Å². The van der Waals surface area contributed by atoms with Crippen LogP contribution in [0.15, 0.2) is 0 Å². The minimum absolute atomic E-state index is 0.0217. The van der Waals surface area contributed by atoms with E-state index in [2.05, 4.69) is 16.0 Å². The molecular weight excluding hydrogens is 346 g/mol. The molecule has 3 N–H and O–H groups in total. The number of nitrogens with one attached hydrogen (secondary N) is 3. The van der Waals surface area contributed by atoms with Crippen molar-refractivity contribution in [1.29, 1.82) is 0 Å². The molecule has 0 unspecified atom stereocenters. The van der Waals surface area contributed by atoms with Gasteiger partial charge in [0.1, 0.15) is 0 Å². The van der Waals surface area contributed by atoms with Crippen molar-refractivity contribution in [1.82, 2.24) is 16.0 Å². The van der Waals surface area contributed by atoms with E-state index in [0.717, 1.165) is 25.7 Å². The van der Waals surface area contributed by atoms with Crippen LogP contribution in [0.5, 0.6) is 0 Å². The van der Waals surface area contributed by atoms with Crippen LogP contribution in [0.25, 0.3) is 0 Å². The van der Waals surface area contributed by atoms with Crippen LogP contribution in [-0.2, 0) is 19.1 Å². The predicted octanol–water partition coefficient (Wildman–Crippen LogP) is 2.15. The van der Waals surface area contributed by atoms with Gasteiger partial charge < -0.3 is 20.7 Å². The number of carbonyl (C=O) groups excluding carboxylic acids is 3. The highest BCUT2D eigenvalue weighted by Gasteiger charge is 2.28. The second kappa shape index (κ2) is 12.7. The Morgan fingerprint density at radius 2 is 1.56 bits per heavy atom. The number of hydrogen-bond acceptors (Lipinski definition) is 4. The molecule has 0 aliphatic heterocycles. The molecule has 0 aromatic rings. The van der Waals surface area contributed by atoms with Crippen LogP contribution in [0.1, 0.15) is 73.1 Å². The maximum atomic E-state index is 12.4. The molecule has 0 spiro atoms. The molecule has 7 nitrogen and oxygen atoms in total. The molecule has 0 rings (SSSR count). The fourth-order valence-corrected chi connectivity index (χ4v) is 2.46. The maximum Gasteiger partial charge on any atom is 0.225 e. The van der Waals surface area contributed by atoms with E-state index < -0.39 is 5.41 Å². The molecule has 0 aromatic carbocycles. The summed E-state index contributed by atoms with van der Waals surface area (Å²) in [6.07, 6.45) is 4.49. The van der Waals surface area contributed by atoms with Gasteiger partial charge in [-0.3, -0.25) is 14.4 Å². The first-order valence-electron chi connectivity index (χ1n) is 9.87. The summed E-state index contributed by atoms with van der Waals surface area (Å²) in [7, 11) is 1.64. The number of carbonyl (C=O) groups is 3. The lowest BCUT2D eigenvalue weighted by Gasteiger charge is -2.29. The highest BCUT2D eigenvalue weighted by molar-refractivity contribution is 5.81. The van der Waals surface area contributed by atoms with Gasteiger partial charge in [-0.25, -0.2) is 0 Å². The van der Waals surface area contributed by atoms with E-state index in [0.29, 0.717) is 32.5 Å². The Hall–Kier alpha value is -1.63. The van der Waals surface area contributed by atoms with Gasteiger partial charge in [0.25, 0.3) is 0 Å². The number of amides is 3. The molecule has 0 aromatic heterocycles. The Balaban J connectivity index is 4.00. The van der Waals surface area contributed by atoms with E-state index >= 15 is 0 Å². The first kappa shape index (κ1) is 25.4.